The molecule has 0 aliphatic carbocycles. The predicted octanol–water partition coefficient (Wildman–Crippen LogP) is 1.88. The van der Waals surface area contributed by atoms with Gasteiger partial charge in [0.25, 0.3) is 5.91 Å². The minimum Gasteiger partial charge on any atom is -0.342 e. The highest BCUT2D eigenvalue weighted by Gasteiger charge is 2.29. The van der Waals surface area contributed by atoms with Crippen molar-refractivity contribution in [1.82, 2.24) is 24.5 Å². The van der Waals surface area contributed by atoms with Crippen molar-refractivity contribution in [2.45, 2.75) is 26.3 Å². The number of carbonyl (C=O) groups excluding carboxylic acids is 2. The van der Waals surface area contributed by atoms with E-state index in [9.17, 15) is 9.59 Å². The normalized spacial score (nSPS) is 16.3. The molecule has 1 fully saturated rings. The van der Waals surface area contributed by atoms with E-state index in [2.05, 4.69) is 10.00 Å². The van der Waals surface area contributed by atoms with Crippen molar-refractivity contribution in [3.05, 3.63) is 54.4 Å². The number of carbonyl (C=O) groups is 2. The number of benzene rings is 1. The SMILES string of the molecule is CCN(CC)C(=O)CN1CCCN(C(=O)[C@@H](c2ccccc2)n2cccn2)CC1. The predicted molar refractivity (Wildman–Crippen MR) is 112 cm³/mol. The zero-order valence-electron chi connectivity index (χ0n) is 17.4. The van der Waals surface area contributed by atoms with E-state index in [1.54, 1.807) is 10.9 Å². The second kappa shape index (κ2) is 10.2. The Kier molecular flexibility index (Phi) is 7.41. The monoisotopic (exact) mass is 397 g/mol. The molecule has 1 aliphatic rings. The van der Waals surface area contributed by atoms with Gasteiger partial charge in [-0.3, -0.25) is 19.2 Å². The molecular formula is C22H31N5O2. The summed E-state index contributed by atoms with van der Waals surface area (Å²) in [5.41, 5.74) is 0.930. The van der Waals surface area contributed by atoms with Gasteiger partial charge in [-0.1, -0.05) is 30.3 Å². The quantitative estimate of drug-likeness (QED) is 0.716. The zero-order chi connectivity index (χ0) is 20.6. The Balaban J connectivity index is 1.68. The molecular weight excluding hydrogens is 366 g/mol. The second-order valence-electron chi connectivity index (χ2n) is 7.32. The molecule has 3 rings (SSSR count). The Labute approximate surface area is 172 Å². The smallest absolute Gasteiger partial charge is 0.252 e. The van der Waals surface area contributed by atoms with E-state index in [-0.39, 0.29) is 11.8 Å². The Bertz CT molecular complexity index is 774. The fourth-order valence-corrected chi connectivity index (χ4v) is 3.87. The van der Waals surface area contributed by atoms with E-state index in [1.807, 2.05) is 66.2 Å². The molecule has 2 heterocycles. The molecule has 1 atom stereocenters. The summed E-state index contributed by atoms with van der Waals surface area (Å²) in [7, 11) is 0. The van der Waals surface area contributed by atoms with Gasteiger partial charge in [-0.15, -0.1) is 0 Å². The van der Waals surface area contributed by atoms with E-state index in [1.165, 1.54) is 0 Å². The van der Waals surface area contributed by atoms with Gasteiger partial charge in [-0.05, 0) is 31.9 Å². The third-order valence-corrected chi connectivity index (χ3v) is 5.51. The third kappa shape index (κ3) is 5.23. The van der Waals surface area contributed by atoms with Crippen molar-refractivity contribution in [3.8, 4) is 0 Å². The van der Waals surface area contributed by atoms with Gasteiger partial charge in [0.05, 0.1) is 6.54 Å². The van der Waals surface area contributed by atoms with Gasteiger partial charge in [-0.25, -0.2) is 0 Å². The average molecular weight is 398 g/mol. The number of aromatic nitrogens is 2. The van der Waals surface area contributed by atoms with E-state index in [0.29, 0.717) is 26.2 Å². The lowest BCUT2D eigenvalue weighted by molar-refractivity contribution is -0.133. The molecule has 2 amide bonds. The Morgan fingerprint density at radius 1 is 1.03 bits per heavy atom. The topological polar surface area (TPSA) is 61.7 Å². The molecule has 1 aromatic carbocycles. The standard InChI is InChI=1S/C22H31N5O2/c1-3-25(4-2)20(28)18-24-13-9-14-26(17-16-24)22(29)21(27-15-8-12-23-27)19-10-6-5-7-11-19/h5-8,10-12,15,21H,3-4,9,13-14,16-18H2,1-2H3/t21-/m1/s1. The van der Waals surface area contributed by atoms with Crippen molar-refractivity contribution in [2.75, 3.05) is 45.8 Å². The van der Waals surface area contributed by atoms with E-state index in [4.69, 9.17) is 0 Å². The van der Waals surface area contributed by atoms with Crippen LogP contribution >= 0.6 is 0 Å². The van der Waals surface area contributed by atoms with Crippen LogP contribution in [0.1, 0.15) is 31.9 Å². The number of hydrogen-bond donors (Lipinski definition) is 0. The number of amides is 2. The van der Waals surface area contributed by atoms with Gasteiger partial charge in [0.1, 0.15) is 0 Å². The fraction of sp³-hybridized carbons (Fsp3) is 0.500. The number of hydrogen-bond acceptors (Lipinski definition) is 4. The molecule has 0 radical (unpaired) electrons. The van der Waals surface area contributed by atoms with Crippen molar-refractivity contribution < 1.29 is 9.59 Å². The van der Waals surface area contributed by atoms with Crippen LogP contribution in [0.25, 0.3) is 0 Å². The number of rotatable bonds is 7. The molecule has 1 aliphatic heterocycles. The Morgan fingerprint density at radius 2 is 1.79 bits per heavy atom. The van der Waals surface area contributed by atoms with Crippen LogP contribution in [0.4, 0.5) is 0 Å². The maximum Gasteiger partial charge on any atom is 0.252 e. The molecule has 0 bridgehead atoms. The molecule has 0 spiro atoms. The van der Waals surface area contributed by atoms with Crippen molar-refractivity contribution in [2.24, 2.45) is 0 Å². The van der Waals surface area contributed by atoms with Crippen LogP contribution in [0.2, 0.25) is 0 Å². The highest BCUT2D eigenvalue weighted by molar-refractivity contribution is 5.83. The highest BCUT2D eigenvalue weighted by Crippen LogP contribution is 2.21. The van der Waals surface area contributed by atoms with Crippen LogP contribution < -0.4 is 0 Å². The molecule has 156 valence electrons. The van der Waals surface area contributed by atoms with Gasteiger partial charge in [0.15, 0.2) is 6.04 Å². The summed E-state index contributed by atoms with van der Waals surface area (Å²) in [6, 6.07) is 11.2. The minimum atomic E-state index is -0.463. The summed E-state index contributed by atoms with van der Waals surface area (Å²) >= 11 is 0. The van der Waals surface area contributed by atoms with Gasteiger partial charge in [-0.2, -0.15) is 5.10 Å². The van der Waals surface area contributed by atoms with Gasteiger partial charge >= 0.3 is 0 Å². The highest BCUT2D eigenvalue weighted by atomic mass is 16.2. The van der Waals surface area contributed by atoms with Crippen molar-refractivity contribution >= 4 is 11.8 Å². The van der Waals surface area contributed by atoms with E-state index < -0.39 is 6.04 Å². The number of nitrogens with zero attached hydrogens (tertiary/aromatic N) is 5. The maximum atomic E-state index is 13.5. The third-order valence-electron chi connectivity index (χ3n) is 5.51. The van der Waals surface area contributed by atoms with Crippen LogP contribution in [-0.4, -0.2) is 82.1 Å². The first-order chi connectivity index (χ1) is 14.1. The lowest BCUT2D eigenvalue weighted by Gasteiger charge is -2.27. The molecule has 7 heteroatoms. The van der Waals surface area contributed by atoms with Crippen molar-refractivity contribution in [3.63, 3.8) is 0 Å². The first kappa shape index (κ1) is 21.0. The van der Waals surface area contributed by atoms with E-state index >= 15 is 0 Å². The first-order valence-electron chi connectivity index (χ1n) is 10.5. The van der Waals surface area contributed by atoms with Crippen LogP contribution in [0.3, 0.4) is 0 Å². The molecule has 1 aromatic heterocycles. The molecule has 0 unspecified atom stereocenters. The summed E-state index contributed by atoms with van der Waals surface area (Å²) in [6.45, 7) is 8.74. The van der Waals surface area contributed by atoms with Gasteiger partial charge < -0.3 is 9.80 Å². The van der Waals surface area contributed by atoms with Gasteiger partial charge in [0.2, 0.25) is 5.91 Å². The second-order valence-corrected chi connectivity index (χ2v) is 7.32. The maximum absolute atomic E-state index is 13.5. The Morgan fingerprint density at radius 3 is 2.45 bits per heavy atom. The van der Waals surface area contributed by atoms with E-state index in [0.717, 1.165) is 31.6 Å². The largest absolute Gasteiger partial charge is 0.342 e. The fourth-order valence-electron chi connectivity index (χ4n) is 3.87. The molecule has 29 heavy (non-hydrogen) atoms. The average Bonchev–Trinajstić information content (AvgIpc) is 3.16. The van der Waals surface area contributed by atoms with Crippen LogP contribution in [0, 0.1) is 0 Å². The molecule has 0 N–H and O–H groups in total. The van der Waals surface area contributed by atoms with Crippen LogP contribution in [0.15, 0.2) is 48.8 Å². The number of likely N-dealkylation sites (N-methyl/N-ethyl adjacent to an activating group) is 1. The van der Waals surface area contributed by atoms with Crippen LogP contribution in [-0.2, 0) is 9.59 Å². The summed E-state index contributed by atoms with van der Waals surface area (Å²) in [4.78, 5) is 31.8. The molecule has 1 saturated heterocycles. The lowest BCUT2D eigenvalue weighted by atomic mass is 10.1. The minimum absolute atomic E-state index is 0.0526. The lowest BCUT2D eigenvalue weighted by Crippen LogP contribution is -2.43. The first-order valence-corrected chi connectivity index (χ1v) is 10.5. The Hall–Kier alpha value is -2.67. The van der Waals surface area contributed by atoms with Crippen molar-refractivity contribution in [1.29, 1.82) is 0 Å². The summed E-state index contributed by atoms with van der Waals surface area (Å²) < 4.78 is 1.73. The van der Waals surface area contributed by atoms with Gasteiger partial charge in [0, 0.05) is 51.7 Å². The van der Waals surface area contributed by atoms with Crippen LogP contribution in [0.5, 0.6) is 0 Å². The summed E-state index contributed by atoms with van der Waals surface area (Å²) in [5.74, 6) is 0.213. The summed E-state index contributed by atoms with van der Waals surface area (Å²) in [6.07, 6.45) is 4.40. The molecule has 2 aromatic rings. The molecule has 0 saturated carbocycles. The zero-order valence-corrected chi connectivity index (χ0v) is 17.4. The summed E-state index contributed by atoms with van der Waals surface area (Å²) in [5, 5.41) is 4.33. The molecule has 7 nitrogen and oxygen atoms in total.